The number of carbonyl (C=O) groups excluding carboxylic acids is 3. The molecule has 1 fully saturated rings. The first-order valence-electron chi connectivity index (χ1n) is 12.9. The van der Waals surface area contributed by atoms with Crippen molar-refractivity contribution in [2.45, 2.75) is 57.3 Å². The molecule has 38 heavy (non-hydrogen) atoms. The van der Waals surface area contributed by atoms with Gasteiger partial charge in [-0.2, -0.15) is 0 Å². The van der Waals surface area contributed by atoms with Gasteiger partial charge in [0.25, 0.3) is 0 Å². The number of hydrogen-bond acceptors (Lipinski definition) is 6. The van der Waals surface area contributed by atoms with E-state index < -0.39 is 29.9 Å². The fourth-order valence-electron chi connectivity index (χ4n) is 5.00. The van der Waals surface area contributed by atoms with E-state index in [1.54, 1.807) is 19.9 Å². The number of hydrogen-bond donors (Lipinski definition) is 4. The van der Waals surface area contributed by atoms with Crippen LogP contribution in [-0.2, 0) is 19.2 Å². The first-order valence-corrected chi connectivity index (χ1v) is 12.9. The molecule has 198 valence electrons. The van der Waals surface area contributed by atoms with E-state index in [9.17, 15) is 14.4 Å². The SMILES string of the molecule is CC1=CC(C(=O)N[C@@H](CC(=O)N2CCC[C@@H]2c2ccccc2)C(=O)NC(C)c2nc3ccccc3[nH]2)NO1. The van der Waals surface area contributed by atoms with Crippen LogP contribution in [0.4, 0.5) is 0 Å². The largest absolute Gasteiger partial charge is 0.413 e. The molecular weight excluding hydrogens is 484 g/mol. The molecule has 2 aliphatic rings. The molecule has 0 radical (unpaired) electrons. The Labute approximate surface area is 220 Å². The number of para-hydroxylation sites is 2. The van der Waals surface area contributed by atoms with Crippen LogP contribution in [0, 0.1) is 0 Å². The third-order valence-corrected chi connectivity index (χ3v) is 6.98. The number of aromatic nitrogens is 2. The van der Waals surface area contributed by atoms with Crippen LogP contribution in [0.1, 0.15) is 56.6 Å². The van der Waals surface area contributed by atoms with Gasteiger partial charge in [-0.25, -0.2) is 4.98 Å². The Hall–Kier alpha value is -4.18. The summed E-state index contributed by atoms with van der Waals surface area (Å²) in [4.78, 5) is 54.6. The standard InChI is InChI=1S/C28H32N6O4/c1-17-15-23(33-38-17)28(37)32-22(16-25(35)34-14-8-13-24(34)19-9-4-3-5-10-19)27(36)29-18(2)26-30-20-11-6-7-12-21(20)31-26/h3-7,9-12,15,18,22-24,33H,8,13-14,16H2,1-2H3,(H,29,36)(H,30,31)(H,32,37)/t18?,22-,23?,24+/m0/s1. The quantitative estimate of drug-likeness (QED) is 0.365. The minimum atomic E-state index is -1.07. The molecule has 3 aromatic rings. The van der Waals surface area contributed by atoms with E-state index in [-0.39, 0.29) is 18.4 Å². The predicted octanol–water partition coefficient (Wildman–Crippen LogP) is 2.79. The normalized spacial score (nSPS) is 20.5. The summed E-state index contributed by atoms with van der Waals surface area (Å²) in [6.07, 6.45) is 3.19. The molecule has 0 aliphatic carbocycles. The first-order chi connectivity index (χ1) is 18.4. The van der Waals surface area contributed by atoms with Crippen molar-refractivity contribution in [3.05, 3.63) is 77.8 Å². The highest BCUT2D eigenvalue weighted by Gasteiger charge is 2.35. The van der Waals surface area contributed by atoms with Crippen LogP contribution >= 0.6 is 0 Å². The van der Waals surface area contributed by atoms with Crippen molar-refractivity contribution in [2.24, 2.45) is 0 Å². The minimum Gasteiger partial charge on any atom is -0.413 e. The smallest absolute Gasteiger partial charge is 0.245 e. The molecular formula is C28H32N6O4. The van der Waals surface area contributed by atoms with E-state index in [1.807, 2.05) is 59.5 Å². The molecule has 10 nitrogen and oxygen atoms in total. The fraction of sp³-hybridized carbons (Fsp3) is 0.357. The van der Waals surface area contributed by atoms with Crippen LogP contribution in [0.15, 0.2) is 66.4 Å². The van der Waals surface area contributed by atoms with Crippen LogP contribution in [0.25, 0.3) is 11.0 Å². The Morgan fingerprint density at radius 3 is 2.61 bits per heavy atom. The molecule has 4 atom stereocenters. The maximum atomic E-state index is 13.5. The molecule has 3 amide bonds. The molecule has 1 aromatic heterocycles. The van der Waals surface area contributed by atoms with Crippen LogP contribution in [-0.4, -0.2) is 51.2 Å². The number of amides is 3. The van der Waals surface area contributed by atoms with Gasteiger partial charge in [-0.15, -0.1) is 5.48 Å². The number of benzene rings is 2. The van der Waals surface area contributed by atoms with Gasteiger partial charge in [0.05, 0.1) is 29.5 Å². The Bertz CT molecular complexity index is 1320. The second-order valence-electron chi connectivity index (χ2n) is 9.77. The monoisotopic (exact) mass is 516 g/mol. The summed E-state index contributed by atoms with van der Waals surface area (Å²) in [6, 6.07) is 15.1. The number of hydroxylamine groups is 1. The van der Waals surface area contributed by atoms with Gasteiger partial charge >= 0.3 is 0 Å². The van der Waals surface area contributed by atoms with Crippen molar-refractivity contribution in [3.8, 4) is 0 Å². The molecule has 2 aromatic carbocycles. The molecule has 0 saturated carbocycles. The average molecular weight is 517 g/mol. The number of likely N-dealkylation sites (tertiary alicyclic amines) is 1. The van der Waals surface area contributed by atoms with Crippen molar-refractivity contribution >= 4 is 28.8 Å². The number of H-pyrrole nitrogens is 1. The summed E-state index contributed by atoms with van der Waals surface area (Å²) < 4.78 is 0. The molecule has 1 saturated heterocycles. The number of allylic oxidation sites excluding steroid dienone is 1. The number of rotatable bonds is 8. The Morgan fingerprint density at radius 1 is 1.11 bits per heavy atom. The Morgan fingerprint density at radius 2 is 1.87 bits per heavy atom. The fourth-order valence-corrected chi connectivity index (χ4v) is 5.00. The maximum absolute atomic E-state index is 13.5. The molecule has 3 heterocycles. The summed E-state index contributed by atoms with van der Waals surface area (Å²) >= 11 is 0. The van der Waals surface area contributed by atoms with Gasteiger partial charge in [-0.05, 0) is 50.5 Å². The number of nitrogens with zero attached hydrogens (tertiary/aromatic N) is 2. The summed E-state index contributed by atoms with van der Waals surface area (Å²) in [5.74, 6) is 0.0464. The zero-order valence-corrected chi connectivity index (χ0v) is 21.4. The van der Waals surface area contributed by atoms with Gasteiger partial charge in [-0.3, -0.25) is 14.4 Å². The van der Waals surface area contributed by atoms with E-state index in [2.05, 4.69) is 26.1 Å². The van der Waals surface area contributed by atoms with E-state index in [0.717, 1.165) is 29.4 Å². The lowest BCUT2D eigenvalue weighted by Crippen LogP contribution is -2.53. The van der Waals surface area contributed by atoms with Crippen LogP contribution in [0.2, 0.25) is 0 Å². The molecule has 0 bridgehead atoms. The Balaban J connectivity index is 1.32. The van der Waals surface area contributed by atoms with Crippen molar-refractivity contribution < 1.29 is 19.2 Å². The van der Waals surface area contributed by atoms with Gasteiger partial charge in [0.1, 0.15) is 23.7 Å². The van der Waals surface area contributed by atoms with Crippen LogP contribution in [0.5, 0.6) is 0 Å². The van der Waals surface area contributed by atoms with Gasteiger partial charge in [0, 0.05) is 6.54 Å². The zero-order valence-electron chi connectivity index (χ0n) is 21.4. The number of carbonyl (C=O) groups is 3. The van der Waals surface area contributed by atoms with Crippen LogP contribution < -0.4 is 16.1 Å². The lowest BCUT2D eigenvalue weighted by atomic mass is 10.0. The van der Waals surface area contributed by atoms with Crippen molar-refractivity contribution in [1.82, 2.24) is 31.0 Å². The number of nitrogens with one attached hydrogen (secondary N) is 4. The molecule has 4 N–H and O–H groups in total. The van der Waals surface area contributed by atoms with Crippen LogP contribution in [0.3, 0.4) is 0 Å². The number of fused-ring (bicyclic) bond motifs is 1. The highest BCUT2D eigenvalue weighted by atomic mass is 16.7. The van der Waals surface area contributed by atoms with E-state index >= 15 is 0 Å². The summed E-state index contributed by atoms with van der Waals surface area (Å²) in [7, 11) is 0. The summed E-state index contributed by atoms with van der Waals surface area (Å²) in [5, 5.41) is 5.67. The Kier molecular flexibility index (Phi) is 7.41. The second kappa shape index (κ2) is 11.1. The highest BCUT2D eigenvalue weighted by molar-refractivity contribution is 5.94. The third-order valence-electron chi connectivity index (χ3n) is 6.98. The van der Waals surface area contributed by atoms with E-state index in [1.165, 1.54) is 0 Å². The summed E-state index contributed by atoms with van der Waals surface area (Å²) in [5.41, 5.74) is 5.34. The maximum Gasteiger partial charge on any atom is 0.245 e. The summed E-state index contributed by atoms with van der Waals surface area (Å²) in [6.45, 7) is 4.14. The zero-order chi connectivity index (χ0) is 26.6. The van der Waals surface area contributed by atoms with E-state index in [0.29, 0.717) is 18.1 Å². The van der Waals surface area contributed by atoms with Gasteiger partial charge < -0.3 is 25.4 Å². The third kappa shape index (κ3) is 5.55. The van der Waals surface area contributed by atoms with Gasteiger partial charge in [0.15, 0.2) is 0 Å². The first kappa shape index (κ1) is 25.5. The predicted molar refractivity (Wildman–Crippen MR) is 141 cm³/mol. The molecule has 0 spiro atoms. The number of aromatic amines is 1. The number of imidazole rings is 1. The lowest BCUT2D eigenvalue weighted by Gasteiger charge is -2.28. The van der Waals surface area contributed by atoms with Crippen molar-refractivity contribution in [2.75, 3.05) is 6.54 Å². The minimum absolute atomic E-state index is 0.0481. The second-order valence-corrected chi connectivity index (χ2v) is 9.77. The van der Waals surface area contributed by atoms with Crippen molar-refractivity contribution in [3.63, 3.8) is 0 Å². The molecule has 2 aliphatic heterocycles. The van der Waals surface area contributed by atoms with E-state index in [4.69, 9.17) is 4.84 Å². The van der Waals surface area contributed by atoms with Gasteiger partial charge in [0.2, 0.25) is 17.7 Å². The highest BCUT2D eigenvalue weighted by Crippen LogP contribution is 2.32. The van der Waals surface area contributed by atoms with Crippen molar-refractivity contribution in [1.29, 1.82) is 0 Å². The molecule has 5 rings (SSSR count). The van der Waals surface area contributed by atoms with Gasteiger partial charge in [-0.1, -0.05) is 42.5 Å². The topological polar surface area (TPSA) is 128 Å². The molecule has 10 heteroatoms. The molecule has 2 unspecified atom stereocenters. The lowest BCUT2D eigenvalue weighted by molar-refractivity contribution is -0.137. The average Bonchev–Trinajstić information content (AvgIpc) is 3.68.